The standard InChI is InChI=1S/C25H28F3N3O2/c1-17(2)13-29-24(32)22-16-33-23(30-22)15-31(18(3)20-9-5-4-6-10-20)14-19-8-7-11-21(12-19)25(26,27)28/h4-12,16-18H,13-15H2,1-3H3,(H,29,32). The first-order chi connectivity index (χ1) is 15.6. The summed E-state index contributed by atoms with van der Waals surface area (Å²) in [5.41, 5.74) is 1.02. The van der Waals surface area contributed by atoms with Crippen LogP contribution in [0.5, 0.6) is 0 Å². The predicted octanol–water partition coefficient (Wildman–Crippen LogP) is 5.84. The average Bonchev–Trinajstić information content (AvgIpc) is 3.25. The molecule has 0 aliphatic carbocycles. The van der Waals surface area contributed by atoms with Crippen LogP contribution in [0.3, 0.4) is 0 Å². The Kier molecular flexibility index (Phi) is 7.92. The Labute approximate surface area is 191 Å². The van der Waals surface area contributed by atoms with Gasteiger partial charge < -0.3 is 9.73 Å². The van der Waals surface area contributed by atoms with Gasteiger partial charge in [0.05, 0.1) is 12.1 Å². The summed E-state index contributed by atoms with van der Waals surface area (Å²) in [6.07, 6.45) is -3.10. The van der Waals surface area contributed by atoms with Crippen LogP contribution in [-0.4, -0.2) is 22.3 Å². The molecule has 1 heterocycles. The molecule has 3 aromatic rings. The lowest BCUT2D eigenvalue weighted by Gasteiger charge is -2.28. The number of carbonyl (C=O) groups is 1. The number of nitrogens with one attached hydrogen (secondary N) is 1. The zero-order chi connectivity index (χ0) is 24.0. The summed E-state index contributed by atoms with van der Waals surface area (Å²) in [4.78, 5) is 18.5. The van der Waals surface area contributed by atoms with E-state index in [4.69, 9.17) is 4.42 Å². The van der Waals surface area contributed by atoms with E-state index >= 15 is 0 Å². The molecule has 0 spiro atoms. The average molecular weight is 460 g/mol. The summed E-state index contributed by atoms with van der Waals surface area (Å²) in [6.45, 7) is 6.95. The molecule has 0 bridgehead atoms. The van der Waals surface area contributed by atoms with Crippen LogP contribution in [0.15, 0.2) is 65.3 Å². The smallest absolute Gasteiger partial charge is 0.416 e. The van der Waals surface area contributed by atoms with E-state index in [1.54, 1.807) is 6.07 Å². The van der Waals surface area contributed by atoms with Gasteiger partial charge in [0.25, 0.3) is 5.91 Å². The van der Waals surface area contributed by atoms with Crippen molar-refractivity contribution in [3.8, 4) is 0 Å². The summed E-state index contributed by atoms with van der Waals surface area (Å²) in [7, 11) is 0. The Hall–Kier alpha value is -3.13. The maximum Gasteiger partial charge on any atom is 0.416 e. The van der Waals surface area contributed by atoms with Crippen LogP contribution < -0.4 is 5.32 Å². The molecule has 0 aliphatic rings. The molecule has 5 nitrogen and oxygen atoms in total. The van der Waals surface area contributed by atoms with E-state index in [1.165, 1.54) is 12.3 Å². The van der Waals surface area contributed by atoms with Crippen molar-refractivity contribution in [1.82, 2.24) is 15.2 Å². The van der Waals surface area contributed by atoms with Gasteiger partial charge in [-0.25, -0.2) is 4.98 Å². The van der Waals surface area contributed by atoms with Crippen molar-refractivity contribution in [3.63, 3.8) is 0 Å². The van der Waals surface area contributed by atoms with Crippen molar-refractivity contribution in [2.75, 3.05) is 6.54 Å². The molecule has 33 heavy (non-hydrogen) atoms. The minimum Gasteiger partial charge on any atom is -0.447 e. The largest absolute Gasteiger partial charge is 0.447 e. The first-order valence-electron chi connectivity index (χ1n) is 10.8. The number of aromatic nitrogens is 1. The Balaban J connectivity index is 1.82. The highest BCUT2D eigenvalue weighted by Gasteiger charge is 2.30. The number of halogens is 3. The van der Waals surface area contributed by atoms with Crippen molar-refractivity contribution < 1.29 is 22.4 Å². The molecule has 1 atom stereocenters. The number of amides is 1. The quantitative estimate of drug-likeness (QED) is 0.437. The number of alkyl halides is 3. The molecule has 8 heteroatoms. The molecule has 0 fully saturated rings. The Bertz CT molecular complexity index is 1050. The van der Waals surface area contributed by atoms with Crippen LogP contribution >= 0.6 is 0 Å². The van der Waals surface area contributed by atoms with Gasteiger partial charge in [-0.05, 0) is 30.0 Å². The maximum atomic E-state index is 13.2. The highest BCUT2D eigenvalue weighted by atomic mass is 19.4. The minimum atomic E-state index is -4.41. The topological polar surface area (TPSA) is 58.4 Å². The van der Waals surface area contributed by atoms with Gasteiger partial charge in [-0.1, -0.05) is 62.4 Å². The Morgan fingerprint density at radius 2 is 1.79 bits per heavy atom. The zero-order valence-corrected chi connectivity index (χ0v) is 18.9. The first kappa shape index (κ1) is 24.5. The predicted molar refractivity (Wildman–Crippen MR) is 119 cm³/mol. The number of rotatable bonds is 9. The third-order valence-electron chi connectivity index (χ3n) is 5.26. The zero-order valence-electron chi connectivity index (χ0n) is 18.9. The molecule has 1 N–H and O–H groups in total. The molecule has 2 aromatic carbocycles. The second-order valence-corrected chi connectivity index (χ2v) is 8.42. The van der Waals surface area contributed by atoms with Crippen LogP contribution in [0.1, 0.15) is 59.9 Å². The van der Waals surface area contributed by atoms with Crippen LogP contribution in [0.2, 0.25) is 0 Å². The summed E-state index contributed by atoms with van der Waals surface area (Å²) in [6, 6.07) is 14.8. The third-order valence-corrected chi connectivity index (χ3v) is 5.26. The Morgan fingerprint density at radius 3 is 2.45 bits per heavy atom. The van der Waals surface area contributed by atoms with Gasteiger partial charge in [0.15, 0.2) is 5.69 Å². The fourth-order valence-corrected chi connectivity index (χ4v) is 3.40. The SMILES string of the molecule is CC(C)CNC(=O)c1coc(CN(Cc2cccc(C(F)(F)F)c2)C(C)c2ccccc2)n1. The highest BCUT2D eigenvalue weighted by Crippen LogP contribution is 2.31. The number of hydrogen-bond donors (Lipinski definition) is 1. The van der Waals surface area contributed by atoms with Crippen molar-refractivity contribution in [2.24, 2.45) is 5.92 Å². The fraction of sp³-hybridized carbons (Fsp3) is 0.360. The van der Waals surface area contributed by atoms with Crippen LogP contribution in [0.4, 0.5) is 13.2 Å². The number of benzene rings is 2. The molecule has 1 aromatic heterocycles. The number of carbonyl (C=O) groups excluding carboxylic acids is 1. The van der Waals surface area contributed by atoms with Gasteiger partial charge in [-0.3, -0.25) is 9.69 Å². The normalized spacial score (nSPS) is 12.8. The summed E-state index contributed by atoms with van der Waals surface area (Å²) < 4.78 is 45.1. The minimum absolute atomic E-state index is 0.133. The van der Waals surface area contributed by atoms with Crippen molar-refractivity contribution >= 4 is 5.91 Å². The number of hydrogen-bond acceptors (Lipinski definition) is 4. The molecule has 0 saturated heterocycles. The van der Waals surface area contributed by atoms with Gasteiger partial charge in [0.2, 0.25) is 5.89 Å². The molecular weight excluding hydrogens is 431 g/mol. The third kappa shape index (κ3) is 6.92. The van der Waals surface area contributed by atoms with Crippen molar-refractivity contribution in [1.29, 1.82) is 0 Å². The molecule has 1 amide bonds. The molecule has 0 radical (unpaired) electrons. The number of nitrogens with zero attached hydrogens (tertiary/aromatic N) is 2. The second-order valence-electron chi connectivity index (χ2n) is 8.42. The molecule has 0 aliphatic heterocycles. The summed E-state index contributed by atoms with van der Waals surface area (Å²) in [5.74, 6) is 0.300. The lowest BCUT2D eigenvalue weighted by Crippen LogP contribution is -2.28. The monoisotopic (exact) mass is 459 g/mol. The summed E-state index contributed by atoms with van der Waals surface area (Å²) in [5, 5.41) is 2.79. The van der Waals surface area contributed by atoms with Gasteiger partial charge in [0.1, 0.15) is 6.26 Å². The molecule has 1 unspecified atom stereocenters. The first-order valence-corrected chi connectivity index (χ1v) is 10.8. The Morgan fingerprint density at radius 1 is 1.06 bits per heavy atom. The molecule has 176 valence electrons. The van der Waals surface area contributed by atoms with E-state index in [9.17, 15) is 18.0 Å². The van der Waals surface area contributed by atoms with Crippen molar-refractivity contribution in [3.05, 3.63) is 89.1 Å². The van der Waals surface area contributed by atoms with E-state index in [1.807, 2.05) is 56.0 Å². The summed E-state index contributed by atoms with van der Waals surface area (Å²) >= 11 is 0. The maximum absolute atomic E-state index is 13.2. The lowest BCUT2D eigenvalue weighted by atomic mass is 10.0. The van der Waals surface area contributed by atoms with Crippen LogP contribution in [0, 0.1) is 5.92 Å². The van der Waals surface area contributed by atoms with Gasteiger partial charge in [-0.15, -0.1) is 0 Å². The van der Waals surface area contributed by atoms with E-state index in [0.717, 1.165) is 17.7 Å². The number of oxazole rings is 1. The molecular formula is C25H28F3N3O2. The van der Waals surface area contributed by atoms with Gasteiger partial charge >= 0.3 is 6.18 Å². The van der Waals surface area contributed by atoms with Crippen LogP contribution in [0.25, 0.3) is 0 Å². The fourth-order valence-electron chi connectivity index (χ4n) is 3.40. The molecule has 0 saturated carbocycles. The van der Waals surface area contributed by atoms with E-state index in [0.29, 0.717) is 23.9 Å². The highest BCUT2D eigenvalue weighted by molar-refractivity contribution is 5.91. The molecule has 3 rings (SSSR count). The van der Waals surface area contributed by atoms with E-state index in [-0.39, 0.29) is 30.7 Å². The second kappa shape index (κ2) is 10.7. The van der Waals surface area contributed by atoms with Gasteiger partial charge in [0, 0.05) is 19.1 Å². The van der Waals surface area contributed by atoms with E-state index in [2.05, 4.69) is 10.3 Å². The van der Waals surface area contributed by atoms with Crippen LogP contribution in [-0.2, 0) is 19.3 Å². The lowest BCUT2D eigenvalue weighted by molar-refractivity contribution is -0.137. The van der Waals surface area contributed by atoms with Gasteiger partial charge in [-0.2, -0.15) is 13.2 Å². The van der Waals surface area contributed by atoms with Crippen molar-refractivity contribution in [2.45, 2.75) is 46.1 Å². The van der Waals surface area contributed by atoms with E-state index < -0.39 is 11.7 Å².